The molecule has 0 radical (unpaired) electrons. The van der Waals surface area contributed by atoms with Crippen LogP contribution in [0.15, 0.2) is 197 Å². The maximum atomic E-state index is 12.9. The second kappa shape index (κ2) is 88.9. The number of hydrogen-bond donors (Lipinski definition) is 0. The third kappa shape index (κ3) is 97.6. The van der Waals surface area contributed by atoms with Crippen LogP contribution in [0.25, 0.3) is 0 Å². The molecular formula is C94H134F22O25. The molecule has 1 rings (SSSR count). The number of allylic oxidation sites excluding steroid dienone is 5. The largest absolute Gasteiger partial charge is 0.463 e. The van der Waals surface area contributed by atoms with Gasteiger partial charge in [0, 0.05) is 42.4 Å². The van der Waals surface area contributed by atoms with Crippen molar-refractivity contribution in [3.8, 4) is 5.75 Å². The van der Waals surface area contributed by atoms with Crippen LogP contribution in [0.3, 0.4) is 0 Å². The number of carbonyl (C=O) groups is 14. The van der Waals surface area contributed by atoms with Crippen molar-refractivity contribution in [3.63, 3.8) is 0 Å². The Kier molecular flexibility index (Phi) is 102. The van der Waals surface area contributed by atoms with Gasteiger partial charge in [-0.05, 0) is 157 Å². The van der Waals surface area contributed by atoms with Crippen LogP contribution in [0.2, 0.25) is 0 Å². The Labute approximate surface area is 809 Å². The molecule has 0 bridgehead atoms. The van der Waals surface area contributed by atoms with Crippen LogP contribution in [0, 0.1) is 5.41 Å². The monoisotopic (exact) mass is 2080 g/mol. The molecule has 1 aromatic rings. The molecule has 0 aliphatic rings. The zero-order chi connectivity index (χ0) is 113. The van der Waals surface area contributed by atoms with E-state index in [4.69, 9.17) is 14.2 Å². The molecule has 25 nitrogen and oxygen atoms in total. The summed E-state index contributed by atoms with van der Waals surface area (Å²) >= 11 is 0. The standard InChI is InChI=1S/C14H12F6O2.C11H14F6O3.C8H13FO3.C7H9F3O2.C7H12O2.C6H9FO2.C6H10O2.C5H5F3O.C5H7FO2.C5H8O2.2C5H8O.C4H5FO.C4H6O.2CH4/c1-8(2)11(21)22-10-6-4-9(5-7-10)12(3,13(15,16)17)14(18,19)20;1-7(2)8(18)20-5-4-19-6-9(3,10(12,13)14)11(15,16)17;1-3-4-11-5-6-12-8(10)7(2)9;1-3-4-12-6(11)5(2)7(8,9)10;1-4-5-9-7(8)6(2)3;1-3-4-9-6(8)5(2)7;1-3-5-8-6(7)4-2;1-3(4(2)9)5(6,7)8;1-3-8-5(7)4(2)6;1-3-5(6)7-4-2;2*1-4(2)5(3)6;1-3(5)4(2)6;1-3-4(2)5;;/h4-7H,1H2,2-3H3;1,4-6H2,2-3H3;2-6H2,1H3;2-4H2,1H3;2,4-5H2,1,3H3;2-4H2,1H3;4H,2-3,5H2,1H3;1H2,2H3;2-3H2,1H3;3H,1,4H2,2H3;2*1H2,2-3H3;1H2,2H3;3H,1H2,2H3;2*1H4. The van der Waals surface area contributed by atoms with Gasteiger partial charge >= 0.3 is 90.8 Å². The summed E-state index contributed by atoms with van der Waals surface area (Å²) in [6.07, 6.45) is -23.9. The third-order valence-corrected chi connectivity index (χ3v) is 13.3. The first kappa shape index (κ1) is 162. The van der Waals surface area contributed by atoms with Crippen molar-refractivity contribution >= 4 is 82.6 Å². The third-order valence-electron chi connectivity index (χ3n) is 13.3. The van der Waals surface area contributed by atoms with Gasteiger partial charge in [-0.2, -0.15) is 92.2 Å². The van der Waals surface area contributed by atoms with Gasteiger partial charge in [-0.1, -0.05) is 154 Å². The van der Waals surface area contributed by atoms with Gasteiger partial charge in [-0.25, -0.2) is 47.5 Å². The molecule has 0 aliphatic heterocycles. The van der Waals surface area contributed by atoms with Crippen molar-refractivity contribution < 1.29 is 216 Å². The minimum atomic E-state index is -5.53. The molecule has 0 saturated carbocycles. The van der Waals surface area contributed by atoms with Crippen molar-refractivity contribution in [2.24, 2.45) is 5.41 Å². The van der Waals surface area contributed by atoms with Crippen molar-refractivity contribution in [1.82, 2.24) is 0 Å². The van der Waals surface area contributed by atoms with Crippen LogP contribution in [0.5, 0.6) is 5.75 Å². The summed E-state index contributed by atoms with van der Waals surface area (Å²) in [5.41, 5.74) is -9.95. The summed E-state index contributed by atoms with van der Waals surface area (Å²) in [6.45, 7) is 69.7. The fraction of sp³-hybridized carbons (Fsp3) is 0.489. The van der Waals surface area contributed by atoms with E-state index >= 15 is 0 Å². The van der Waals surface area contributed by atoms with Gasteiger partial charge < -0.3 is 52.1 Å². The molecule has 47 heteroatoms. The van der Waals surface area contributed by atoms with Crippen molar-refractivity contribution in [1.29, 1.82) is 0 Å². The van der Waals surface area contributed by atoms with Crippen molar-refractivity contribution in [3.05, 3.63) is 202 Å². The van der Waals surface area contributed by atoms with Gasteiger partial charge in [0.1, 0.15) is 24.5 Å². The fourth-order valence-corrected chi connectivity index (χ4v) is 4.83. The van der Waals surface area contributed by atoms with Crippen LogP contribution in [-0.4, -0.2) is 199 Å². The maximum absolute atomic E-state index is 12.9. The molecule has 0 amide bonds. The first-order chi connectivity index (χ1) is 62.9. The average Bonchev–Trinajstić information content (AvgIpc) is 0.747. The van der Waals surface area contributed by atoms with Gasteiger partial charge in [0.05, 0.1) is 65.0 Å². The van der Waals surface area contributed by atoms with Crippen LogP contribution in [0.4, 0.5) is 96.6 Å². The second-order valence-corrected chi connectivity index (χ2v) is 26.3. The molecule has 0 heterocycles. The Hall–Kier alpha value is -12.5. The van der Waals surface area contributed by atoms with E-state index in [9.17, 15) is 164 Å². The molecule has 0 fully saturated rings. The predicted molar refractivity (Wildman–Crippen MR) is 487 cm³/mol. The van der Waals surface area contributed by atoms with Gasteiger partial charge in [-0.3, -0.25) is 24.0 Å². The van der Waals surface area contributed by atoms with E-state index in [2.05, 4.69) is 130 Å². The molecule has 141 heavy (non-hydrogen) atoms. The molecule has 0 unspecified atom stereocenters. The number of hydrogen-bond acceptors (Lipinski definition) is 25. The van der Waals surface area contributed by atoms with Crippen LogP contribution in [-0.2, 0) is 120 Å². The Balaban J connectivity index is -0.0000000955. The predicted octanol–water partition coefficient (Wildman–Crippen LogP) is 24.2. The lowest BCUT2D eigenvalue weighted by Crippen LogP contribution is -2.51. The van der Waals surface area contributed by atoms with E-state index in [1.54, 1.807) is 41.5 Å². The quantitative estimate of drug-likeness (QED) is 0.0150. The van der Waals surface area contributed by atoms with Crippen LogP contribution >= 0.6 is 0 Å². The lowest BCUT2D eigenvalue weighted by atomic mass is 9.81. The number of ether oxygens (including phenoxy) is 11. The molecule has 814 valence electrons. The SMILES string of the molecule is C.C.C=C(C(=O)OCCC)C(F)(F)F.C=C(C(C)=O)C(F)(F)F.C=C(C)C(=O)OCCC.C=C(C)C(=O)OCCOCC(C)(C(F)(F)F)C(F)(F)F.C=C(C)C(=O)Oc1ccc(C(C)(C(F)(F)F)C(F)(F)F)cc1.C=C(C)C(C)=O.C=C(C)C(C)=O.C=C(F)C(=O)OCC.C=C(F)C(=O)OCCC.C=C(F)C(=O)OCCOCCC.C=C(F)C(C)=O.C=CC(=O)OCC.C=CC(=O)OCCC.C=CC(C)=O. The van der Waals surface area contributed by atoms with E-state index in [0.717, 1.165) is 57.4 Å². The second-order valence-electron chi connectivity index (χ2n) is 26.3. The lowest BCUT2D eigenvalue weighted by molar-refractivity contribution is -0.345. The smallest absolute Gasteiger partial charge is 0.422 e. The van der Waals surface area contributed by atoms with E-state index in [1.807, 2.05) is 27.7 Å². The molecule has 0 N–H and O–H groups in total. The zero-order valence-corrected chi connectivity index (χ0v) is 81.0. The highest BCUT2D eigenvalue weighted by atomic mass is 19.4. The highest BCUT2D eigenvalue weighted by Gasteiger charge is 2.69. The van der Waals surface area contributed by atoms with E-state index in [1.165, 1.54) is 40.7 Å². The summed E-state index contributed by atoms with van der Waals surface area (Å²) in [6, 6.07) is 2.99. The zero-order valence-electron chi connectivity index (χ0n) is 81.0. The van der Waals surface area contributed by atoms with Gasteiger partial charge in [-0.15, -0.1) is 0 Å². The summed E-state index contributed by atoms with van der Waals surface area (Å²) in [5.74, 6) is -12.7. The molecule has 0 aliphatic carbocycles. The van der Waals surface area contributed by atoms with Crippen molar-refractivity contribution in [2.45, 2.75) is 221 Å². The van der Waals surface area contributed by atoms with Crippen LogP contribution < -0.4 is 4.74 Å². The molecule has 0 atom stereocenters. The Morgan fingerprint density at radius 2 is 0.560 bits per heavy atom. The lowest BCUT2D eigenvalue weighted by Gasteiger charge is -2.34. The average molecular weight is 2080 g/mol. The minimum Gasteiger partial charge on any atom is -0.463 e. The fourth-order valence-electron chi connectivity index (χ4n) is 4.83. The summed E-state index contributed by atoms with van der Waals surface area (Å²) in [5, 5.41) is 0. The topological polar surface area (TPSA) is 341 Å². The van der Waals surface area contributed by atoms with E-state index < -0.39 is 155 Å². The Morgan fingerprint density at radius 3 is 0.773 bits per heavy atom. The number of carbonyl (C=O) groups excluding carboxylic acids is 14. The van der Waals surface area contributed by atoms with E-state index in [-0.39, 0.29) is 107 Å². The molecule has 1 aromatic carbocycles. The number of rotatable bonds is 36. The van der Waals surface area contributed by atoms with Crippen molar-refractivity contribution in [2.75, 3.05) is 79.3 Å². The highest BCUT2D eigenvalue weighted by Crippen LogP contribution is 2.52. The van der Waals surface area contributed by atoms with Gasteiger partial charge in [0.15, 0.2) is 45.6 Å². The molecule has 0 saturated heterocycles. The number of ketones is 5. The molecule has 0 aromatic heterocycles. The normalized spacial score (nSPS) is 9.96. The van der Waals surface area contributed by atoms with Gasteiger partial charge in [0.25, 0.3) is 0 Å². The van der Waals surface area contributed by atoms with E-state index in [0.29, 0.717) is 74.7 Å². The first-order valence-corrected chi connectivity index (χ1v) is 39.6. The molecule has 0 spiro atoms. The number of esters is 9. The Bertz CT molecular complexity index is 3930. The van der Waals surface area contributed by atoms with Crippen LogP contribution in [0.1, 0.15) is 184 Å². The first-order valence-electron chi connectivity index (χ1n) is 39.6. The number of Topliss-reactive ketones (excluding diaryl/α,β-unsaturated/α-hetero) is 4. The Morgan fingerprint density at radius 1 is 0.298 bits per heavy atom. The maximum Gasteiger partial charge on any atom is 0.422 e. The summed E-state index contributed by atoms with van der Waals surface area (Å²) in [4.78, 5) is 144. The number of halogens is 22. The van der Waals surface area contributed by atoms with Gasteiger partial charge in [0.2, 0.25) is 17.5 Å². The summed E-state index contributed by atoms with van der Waals surface area (Å²) in [7, 11) is 0. The number of benzene rings is 1. The highest BCUT2D eigenvalue weighted by molar-refractivity contribution is 5.94. The summed E-state index contributed by atoms with van der Waals surface area (Å²) < 4.78 is 317. The molecular weight excluding hydrogens is 1950 g/mol. The minimum absolute atomic E-state index is 0. The number of alkyl halides is 18.